The topological polar surface area (TPSA) is 25.8 Å². The maximum atomic E-state index is 13.3. The molecule has 2 aromatic rings. The smallest absolute Gasteiger partial charge is 0.221 e. The van der Waals surface area contributed by atoms with Crippen molar-refractivity contribution in [3.8, 4) is 11.4 Å². The summed E-state index contributed by atoms with van der Waals surface area (Å²) in [6.07, 6.45) is -4.62. The average Bonchev–Trinajstić information content (AvgIpc) is 2.25. The van der Waals surface area contributed by atoms with E-state index in [-0.39, 0.29) is 11.4 Å². The van der Waals surface area contributed by atoms with Crippen molar-refractivity contribution in [2.75, 3.05) is 0 Å². The number of hydrogen-bond donors (Lipinski definition) is 0. The highest BCUT2D eigenvalue weighted by Gasteiger charge is 2.31. The highest BCUT2D eigenvalue weighted by molar-refractivity contribution is 9.11. The van der Waals surface area contributed by atoms with Crippen LogP contribution in [0.3, 0.4) is 0 Å². The predicted molar refractivity (Wildman–Crippen MR) is 67.8 cm³/mol. The molecular formula is C11H4Br2F4N2. The molecule has 8 heteroatoms. The second-order valence-electron chi connectivity index (χ2n) is 3.56. The van der Waals surface area contributed by atoms with Crippen LogP contribution >= 0.6 is 31.9 Å². The summed E-state index contributed by atoms with van der Waals surface area (Å²) in [7, 11) is 0. The summed E-state index contributed by atoms with van der Waals surface area (Å²) in [6.45, 7) is 0. The van der Waals surface area contributed by atoms with Gasteiger partial charge < -0.3 is 0 Å². The minimum atomic E-state index is -4.62. The molecular weight excluding hydrogens is 396 g/mol. The number of aromatic nitrogens is 2. The van der Waals surface area contributed by atoms with E-state index < -0.39 is 17.6 Å². The standard InChI is InChI=1S/C11H4Br2F4N2/c12-8-4-9(13)19-10(18-8)5-1-6(11(15,16)17)3-7(14)2-5/h1-4H. The Morgan fingerprint density at radius 1 is 0.895 bits per heavy atom. The third kappa shape index (κ3) is 3.50. The molecule has 1 aromatic carbocycles. The summed E-state index contributed by atoms with van der Waals surface area (Å²) in [5.41, 5.74) is -1.13. The molecule has 0 aliphatic carbocycles. The lowest BCUT2D eigenvalue weighted by Gasteiger charge is -2.09. The summed E-state index contributed by atoms with van der Waals surface area (Å²) in [6, 6.07) is 3.70. The lowest BCUT2D eigenvalue weighted by Crippen LogP contribution is -2.06. The van der Waals surface area contributed by atoms with Gasteiger partial charge in [0.15, 0.2) is 5.82 Å². The first kappa shape index (κ1) is 14.4. The van der Waals surface area contributed by atoms with Crippen LogP contribution in [0.2, 0.25) is 0 Å². The molecule has 100 valence electrons. The number of benzene rings is 1. The summed E-state index contributed by atoms with van der Waals surface area (Å²) in [4.78, 5) is 7.82. The molecule has 0 fully saturated rings. The lowest BCUT2D eigenvalue weighted by atomic mass is 10.1. The van der Waals surface area contributed by atoms with E-state index in [9.17, 15) is 17.6 Å². The molecule has 0 aliphatic rings. The van der Waals surface area contributed by atoms with E-state index in [0.29, 0.717) is 15.3 Å². The van der Waals surface area contributed by atoms with Gasteiger partial charge in [0.25, 0.3) is 0 Å². The van der Waals surface area contributed by atoms with Crippen LogP contribution in [0.15, 0.2) is 33.5 Å². The molecule has 0 spiro atoms. The maximum absolute atomic E-state index is 13.3. The molecule has 1 heterocycles. The van der Waals surface area contributed by atoms with Crippen molar-refractivity contribution >= 4 is 31.9 Å². The highest BCUT2D eigenvalue weighted by atomic mass is 79.9. The van der Waals surface area contributed by atoms with Gasteiger partial charge in [0.1, 0.15) is 15.0 Å². The van der Waals surface area contributed by atoms with Crippen molar-refractivity contribution in [1.29, 1.82) is 0 Å². The molecule has 2 nitrogen and oxygen atoms in total. The Morgan fingerprint density at radius 3 is 2.00 bits per heavy atom. The van der Waals surface area contributed by atoms with Crippen LogP contribution in [-0.4, -0.2) is 9.97 Å². The van der Waals surface area contributed by atoms with E-state index >= 15 is 0 Å². The fourth-order valence-electron chi connectivity index (χ4n) is 1.40. The van der Waals surface area contributed by atoms with Crippen LogP contribution in [-0.2, 0) is 6.18 Å². The Morgan fingerprint density at radius 2 is 1.47 bits per heavy atom. The Labute approximate surface area is 122 Å². The first-order chi connectivity index (χ1) is 8.75. The molecule has 0 radical (unpaired) electrons. The third-order valence-corrected chi connectivity index (χ3v) is 2.96. The number of rotatable bonds is 1. The monoisotopic (exact) mass is 398 g/mol. The van der Waals surface area contributed by atoms with E-state index in [1.165, 1.54) is 6.07 Å². The first-order valence-electron chi connectivity index (χ1n) is 4.84. The second kappa shape index (κ2) is 5.16. The highest BCUT2D eigenvalue weighted by Crippen LogP contribution is 2.32. The SMILES string of the molecule is Fc1cc(-c2nc(Br)cc(Br)n2)cc(C(F)(F)F)c1. The molecule has 0 amide bonds. The third-order valence-electron chi connectivity index (χ3n) is 2.15. The predicted octanol–water partition coefficient (Wildman–Crippen LogP) is 4.83. The minimum Gasteiger partial charge on any atom is -0.221 e. The maximum Gasteiger partial charge on any atom is 0.416 e. The molecule has 0 bridgehead atoms. The summed E-state index contributed by atoms with van der Waals surface area (Å²) < 4.78 is 51.8. The molecule has 0 saturated carbocycles. The number of nitrogens with zero attached hydrogens (tertiary/aromatic N) is 2. The van der Waals surface area contributed by atoms with Crippen LogP contribution in [0.4, 0.5) is 17.6 Å². The zero-order valence-electron chi connectivity index (χ0n) is 8.97. The van der Waals surface area contributed by atoms with Crippen molar-refractivity contribution in [3.63, 3.8) is 0 Å². The van der Waals surface area contributed by atoms with Gasteiger partial charge in [-0.05, 0) is 50.1 Å². The molecule has 0 saturated heterocycles. The number of halogens is 6. The molecule has 0 unspecified atom stereocenters. The number of alkyl halides is 3. The van der Waals surface area contributed by atoms with E-state index in [4.69, 9.17) is 0 Å². The normalized spacial score (nSPS) is 11.7. The Hall–Kier alpha value is -1.02. The van der Waals surface area contributed by atoms with Gasteiger partial charge in [0, 0.05) is 11.6 Å². The van der Waals surface area contributed by atoms with Gasteiger partial charge in [-0.1, -0.05) is 0 Å². The Bertz CT molecular complexity index is 608. The zero-order valence-corrected chi connectivity index (χ0v) is 12.1. The van der Waals surface area contributed by atoms with Gasteiger partial charge in [0.05, 0.1) is 5.56 Å². The summed E-state index contributed by atoms with van der Waals surface area (Å²) in [5.74, 6) is -1.00. The summed E-state index contributed by atoms with van der Waals surface area (Å²) in [5, 5.41) is 0. The van der Waals surface area contributed by atoms with Crippen molar-refractivity contribution in [2.45, 2.75) is 6.18 Å². The van der Waals surface area contributed by atoms with E-state index in [0.717, 1.165) is 12.1 Å². The Balaban J connectivity index is 2.59. The largest absolute Gasteiger partial charge is 0.416 e. The minimum absolute atomic E-state index is 0.00810. The first-order valence-corrected chi connectivity index (χ1v) is 6.42. The average molecular weight is 400 g/mol. The fourth-order valence-corrected chi connectivity index (χ4v) is 2.48. The van der Waals surface area contributed by atoms with Gasteiger partial charge in [0.2, 0.25) is 0 Å². The molecule has 0 N–H and O–H groups in total. The van der Waals surface area contributed by atoms with Gasteiger partial charge in [-0.25, -0.2) is 14.4 Å². The second-order valence-corrected chi connectivity index (χ2v) is 5.19. The van der Waals surface area contributed by atoms with E-state index in [1.807, 2.05) is 0 Å². The molecule has 1 aromatic heterocycles. The Kier molecular flexibility index (Phi) is 3.91. The summed E-state index contributed by atoms with van der Waals surface area (Å²) >= 11 is 6.18. The van der Waals surface area contributed by atoms with Gasteiger partial charge in [-0.3, -0.25) is 0 Å². The van der Waals surface area contributed by atoms with Crippen LogP contribution in [0.25, 0.3) is 11.4 Å². The van der Waals surface area contributed by atoms with Crippen LogP contribution in [0, 0.1) is 5.82 Å². The van der Waals surface area contributed by atoms with Gasteiger partial charge in [-0.2, -0.15) is 13.2 Å². The zero-order chi connectivity index (χ0) is 14.2. The molecule has 2 rings (SSSR count). The quantitative estimate of drug-likeness (QED) is 0.507. The molecule has 0 aliphatic heterocycles. The lowest BCUT2D eigenvalue weighted by molar-refractivity contribution is -0.137. The number of hydrogen-bond acceptors (Lipinski definition) is 2. The fraction of sp³-hybridized carbons (Fsp3) is 0.0909. The van der Waals surface area contributed by atoms with Crippen LogP contribution in [0.5, 0.6) is 0 Å². The van der Waals surface area contributed by atoms with E-state index in [2.05, 4.69) is 41.8 Å². The van der Waals surface area contributed by atoms with Crippen molar-refractivity contribution < 1.29 is 17.6 Å². The van der Waals surface area contributed by atoms with Gasteiger partial charge in [-0.15, -0.1) is 0 Å². The van der Waals surface area contributed by atoms with Crippen LogP contribution < -0.4 is 0 Å². The molecule has 0 atom stereocenters. The van der Waals surface area contributed by atoms with E-state index in [1.54, 1.807) is 0 Å². The van der Waals surface area contributed by atoms with Crippen LogP contribution in [0.1, 0.15) is 5.56 Å². The van der Waals surface area contributed by atoms with Crippen molar-refractivity contribution in [2.24, 2.45) is 0 Å². The van der Waals surface area contributed by atoms with Gasteiger partial charge >= 0.3 is 6.18 Å². The molecule has 19 heavy (non-hydrogen) atoms. The van der Waals surface area contributed by atoms with Crippen molar-refractivity contribution in [3.05, 3.63) is 44.9 Å². The van der Waals surface area contributed by atoms with Crippen molar-refractivity contribution in [1.82, 2.24) is 9.97 Å².